The lowest BCUT2D eigenvalue weighted by atomic mass is 10.0. The molecule has 0 fully saturated rings. The topological polar surface area (TPSA) is 84.7 Å². The fourth-order valence-electron chi connectivity index (χ4n) is 2.11. The van der Waals surface area contributed by atoms with Crippen molar-refractivity contribution in [3.8, 4) is 11.8 Å². The summed E-state index contributed by atoms with van der Waals surface area (Å²) in [7, 11) is 1.37. The van der Waals surface area contributed by atoms with E-state index in [1.165, 1.54) is 31.5 Å². The lowest BCUT2D eigenvalue weighted by Crippen LogP contribution is -1.93. The van der Waals surface area contributed by atoms with E-state index in [-0.39, 0.29) is 23.0 Å². The van der Waals surface area contributed by atoms with Crippen LogP contribution in [0.4, 0.5) is 10.1 Å². The highest BCUT2D eigenvalue weighted by Crippen LogP contribution is 2.42. The number of aromatic hydroxyl groups is 1. The van der Waals surface area contributed by atoms with E-state index < -0.39 is 5.82 Å². The van der Waals surface area contributed by atoms with Crippen LogP contribution in [0.25, 0.3) is 21.7 Å². The van der Waals surface area contributed by atoms with Crippen LogP contribution in [0.5, 0.6) is 11.8 Å². The van der Waals surface area contributed by atoms with E-state index in [4.69, 9.17) is 4.74 Å². The quantitative estimate of drug-likeness (QED) is 0.573. The molecule has 1 aromatic heterocycles. The summed E-state index contributed by atoms with van der Waals surface area (Å²) in [6.45, 7) is 0. The highest BCUT2D eigenvalue weighted by molar-refractivity contribution is 6.14. The first-order valence-corrected chi connectivity index (χ1v) is 5.64. The lowest BCUT2D eigenvalue weighted by Gasteiger charge is -2.08. The van der Waals surface area contributed by atoms with Crippen molar-refractivity contribution in [2.24, 2.45) is 5.18 Å². The number of phenolic OH excluding ortho intramolecular Hbond substituents is 1. The van der Waals surface area contributed by atoms with Gasteiger partial charge in [-0.2, -0.15) is 4.98 Å². The molecule has 0 radical (unpaired) electrons. The van der Waals surface area contributed by atoms with Crippen molar-refractivity contribution in [1.82, 2.24) is 9.97 Å². The van der Waals surface area contributed by atoms with E-state index in [1.807, 2.05) is 0 Å². The second kappa shape index (κ2) is 4.37. The van der Waals surface area contributed by atoms with Crippen molar-refractivity contribution in [2.75, 3.05) is 7.11 Å². The number of fused-ring (bicyclic) bond motifs is 3. The zero-order valence-electron chi connectivity index (χ0n) is 10.3. The standard InChI is InChI=1S/C13H8FN3O3/c1-20-13-15-5-9-8-4-6(14)2-3-7(8)12(18)11(17-19)10(9)16-13/h2-5,18H,1H3. The maximum absolute atomic E-state index is 13.4. The van der Waals surface area contributed by atoms with Gasteiger partial charge < -0.3 is 9.84 Å². The number of benzene rings is 2. The monoisotopic (exact) mass is 273 g/mol. The minimum atomic E-state index is -0.471. The molecule has 1 heterocycles. The van der Waals surface area contributed by atoms with E-state index in [9.17, 15) is 14.4 Å². The summed E-state index contributed by atoms with van der Waals surface area (Å²) in [5, 5.41) is 14.0. The zero-order valence-corrected chi connectivity index (χ0v) is 10.3. The molecule has 0 aliphatic rings. The molecule has 20 heavy (non-hydrogen) atoms. The first-order chi connectivity index (χ1) is 9.65. The molecule has 0 amide bonds. The molecule has 0 saturated carbocycles. The van der Waals surface area contributed by atoms with Gasteiger partial charge in [0, 0.05) is 17.0 Å². The third-order valence-corrected chi connectivity index (χ3v) is 3.02. The van der Waals surface area contributed by atoms with Gasteiger partial charge in [-0.25, -0.2) is 9.37 Å². The maximum atomic E-state index is 13.4. The van der Waals surface area contributed by atoms with Crippen LogP contribution in [-0.4, -0.2) is 22.2 Å². The fraction of sp³-hybridized carbons (Fsp3) is 0.0769. The Morgan fingerprint density at radius 1 is 1.30 bits per heavy atom. The maximum Gasteiger partial charge on any atom is 0.316 e. The van der Waals surface area contributed by atoms with Crippen LogP contribution >= 0.6 is 0 Å². The molecule has 0 unspecified atom stereocenters. The molecule has 6 nitrogen and oxygen atoms in total. The van der Waals surface area contributed by atoms with Gasteiger partial charge in [0.2, 0.25) is 0 Å². The molecule has 3 rings (SSSR count). The molecular formula is C13H8FN3O3. The van der Waals surface area contributed by atoms with E-state index in [1.54, 1.807) is 0 Å². The minimum Gasteiger partial charge on any atom is -0.505 e. The molecule has 0 aliphatic carbocycles. The molecule has 0 spiro atoms. The number of ether oxygens (including phenoxy) is 1. The number of hydrogen-bond acceptors (Lipinski definition) is 6. The Hall–Kier alpha value is -2.83. The van der Waals surface area contributed by atoms with E-state index in [0.717, 1.165) is 0 Å². The van der Waals surface area contributed by atoms with Crippen molar-refractivity contribution < 1.29 is 14.2 Å². The predicted molar refractivity (Wildman–Crippen MR) is 70.7 cm³/mol. The first-order valence-electron chi connectivity index (χ1n) is 5.64. The van der Waals surface area contributed by atoms with Gasteiger partial charge in [0.1, 0.15) is 11.3 Å². The molecule has 3 aromatic rings. The molecule has 0 bridgehead atoms. The molecular weight excluding hydrogens is 265 g/mol. The summed E-state index contributed by atoms with van der Waals surface area (Å²) >= 11 is 0. The smallest absolute Gasteiger partial charge is 0.316 e. The highest BCUT2D eigenvalue weighted by atomic mass is 19.1. The average Bonchev–Trinajstić information content (AvgIpc) is 2.47. The molecule has 0 saturated heterocycles. The Balaban J connectivity index is 2.58. The van der Waals surface area contributed by atoms with Gasteiger partial charge in [-0.3, -0.25) is 0 Å². The van der Waals surface area contributed by atoms with Gasteiger partial charge in [-0.1, -0.05) is 0 Å². The van der Waals surface area contributed by atoms with Gasteiger partial charge in [0.25, 0.3) is 0 Å². The van der Waals surface area contributed by atoms with Gasteiger partial charge in [-0.05, 0) is 28.8 Å². The zero-order chi connectivity index (χ0) is 14.3. The summed E-state index contributed by atoms with van der Waals surface area (Å²) in [5.74, 6) is -0.816. The number of rotatable bonds is 2. The van der Waals surface area contributed by atoms with Crippen molar-refractivity contribution in [3.63, 3.8) is 0 Å². The van der Waals surface area contributed by atoms with Crippen LogP contribution in [0.1, 0.15) is 0 Å². The van der Waals surface area contributed by atoms with E-state index in [0.29, 0.717) is 16.2 Å². The van der Waals surface area contributed by atoms with E-state index in [2.05, 4.69) is 15.1 Å². The third-order valence-electron chi connectivity index (χ3n) is 3.02. The van der Waals surface area contributed by atoms with Gasteiger partial charge >= 0.3 is 6.01 Å². The summed E-state index contributed by atoms with van der Waals surface area (Å²) in [4.78, 5) is 18.9. The fourth-order valence-corrected chi connectivity index (χ4v) is 2.11. The van der Waals surface area contributed by atoms with Gasteiger partial charge in [0.15, 0.2) is 11.4 Å². The number of nitroso groups, excluding NO2 is 1. The van der Waals surface area contributed by atoms with Crippen LogP contribution in [-0.2, 0) is 0 Å². The first kappa shape index (κ1) is 12.2. The Bertz CT molecular complexity index is 851. The van der Waals surface area contributed by atoms with Crippen LogP contribution in [0.15, 0.2) is 29.6 Å². The molecule has 100 valence electrons. The number of nitrogens with zero attached hydrogens (tertiary/aromatic N) is 3. The summed E-state index contributed by atoms with van der Waals surface area (Å²) in [5.41, 5.74) is -0.109. The third kappa shape index (κ3) is 1.63. The normalized spacial score (nSPS) is 10.9. The number of halogens is 1. The second-order valence-electron chi connectivity index (χ2n) is 4.10. The Labute approximate surface area is 111 Å². The van der Waals surface area contributed by atoms with Gasteiger partial charge in [0.05, 0.1) is 7.11 Å². The molecule has 7 heteroatoms. The van der Waals surface area contributed by atoms with Crippen molar-refractivity contribution >= 4 is 27.4 Å². The summed E-state index contributed by atoms with van der Waals surface area (Å²) in [6.07, 6.45) is 1.40. The molecule has 0 atom stereocenters. The number of aromatic nitrogens is 2. The Morgan fingerprint density at radius 2 is 2.10 bits per heavy atom. The second-order valence-corrected chi connectivity index (χ2v) is 4.10. The number of phenols is 1. The minimum absolute atomic E-state index is 0.0255. The van der Waals surface area contributed by atoms with Gasteiger partial charge in [-0.15, -0.1) is 4.91 Å². The van der Waals surface area contributed by atoms with E-state index >= 15 is 0 Å². The van der Waals surface area contributed by atoms with Crippen molar-refractivity contribution in [3.05, 3.63) is 35.1 Å². The molecule has 1 N–H and O–H groups in total. The highest BCUT2D eigenvalue weighted by Gasteiger charge is 2.17. The number of methoxy groups -OCH3 is 1. The van der Waals surface area contributed by atoms with Crippen LogP contribution in [0.3, 0.4) is 0 Å². The largest absolute Gasteiger partial charge is 0.505 e. The average molecular weight is 273 g/mol. The van der Waals surface area contributed by atoms with Crippen molar-refractivity contribution in [1.29, 1.82) is 0 Å². The predicted octanol–water partition coefficient (Wildman–Crippen LogP) is 3.03. The van der Waals surface area contributed by atoms with Crippen LogP contribution < -0.4 is 4.74 Å². The molecule has 2 aromatic carbocycles. The lowest BCUT2D eigenvalue weighted by molar-refractivity contribution is 0.382. The summed E-state index contributed by atoms with van der Waals surface area (Å²) < 4.78 is 18.3. The van der Waals surface area contributed by atoms with Crippen LogP contribution in [0, 0.1) is 10.7 Å². The summed E-state index contributed by atoms with van der Waals surface area (Å²) in [6, 6.07) is 3.82. The van der Waals surface area contributed by atoms with Crippen LogP contribution in [0.2, 0.25) is 0 Å². The Morgan fingerprint density at radius 3 is 2.80 bits per heavy atom. The Kier molecular flexibility index (Phi) is 2.67. The molecule has 0 aliphatic heterocycles. The SMILES string of the molecule is COc1ncc2c(n1)c(N=O)c(O)c1ccc(F)cc12. The van der Waals surface area contributed by atoms with Crippen molar-refractivity contribution in [2.45, 2.75) is 0 Å². The number of hydrogen-bond donors (Lipinski definition) is 1.